The summed E-state index contributed by atoms with van der Waals surface area (Å²) in [6.45, 7) is 2.49. The highest BCUT2D eigenvalue weighted by Crippen LogP contribution is 2.39. The standard InChI is InChI=1S/C13H10Cl3F2NS/c1-2-19-12(7-4-11(15)20-13(7)16)6-3-9(17)10(18)5-8(6)14/h3-5,12,19H,2H2,1H3. The third kappa shape index (κ3) is 3.26. The molecule has 0 aliphatic rings. The van der Waals surface area contributed by atoms with Gasteiger partial charge in [-0.3, -0.25) is 0 Å². The molecule has 2 aromatic rings. The summed E-state index contributed by atoms with van der Waals surface area (Å²) in [5.74, 6) is -1.94. The first kappa shape index (κ1) is 16.0. The Morgan fingerprint density at radius 1 is 1.10 bits per heavy atom. The fraction of sp³-hybridized carbons (Fsp3) is 0.231. The molecule has 0 fully saturated rings. The van der Waals surface area contributed by atoms with Crippen LogP contribution in [0.25, 0.3) is 0 Å². The molecule has 0 aliphatic carbocycles. The van der Waals surface area contributed by atoms with Crippen LogP contribution in [0.15, 0.2) is 18.2 Å². The summed E-state index contributed by atoms with van der Waals surface area (Å²) < 4.78 is 27.6. The van der Waals surface area contributed by atoms with Gasteiger partial charge in [0.25, 0.3) is 0 Å². The zero-order valence-electron chi connectivity index (χ0n) is 10.3. The Kier molecular flexibility index (Phi) is 5.26. The van der Waals surface area contributed by atoms with E-state index in [4.69, 9.17) is 34.8 Å². The molecule has 1 aromatic heterocycles. The first-order valence-corrected chi connectivity index (χ1v) is 7.71. The Hall–Kier alpha value is -0.390. The maximum atomic E-state index is 13.5. The lowest BCUT2D eigenvalue weighted by Gasteiger charge is -2.19. The molecule has 1 atom stereocenters. The van der Waals surface area contributed by atoms with Gasteiger partial charge in [-0.2, -0.15) is 0 Å². The molecule has 1 aromatic carbocycles. The Labute approximate surface area is 134 Å². The Balaban J connectivity index is 2.54. The number of benzene rings is 1. The van der Waals surface area contributed by atoms with Crippen molar-refractivity contribution < 1.29 is 8.78 Å². The van der Waals surface area contributed by atoms with Crippen molar-refractivity contribution in [3.05, 3.63) is 54.7 Å². The lowest BCUT2D eigenvalue weighted by atomic mass is 10.0. The monoisotopic (exact) mass is 355 g/mol. The molecular formula is C13H10Cl3F2NS. The van der Waals surface area contributed by atoms with E-state index >= 15 is 0 Å². The summed E-state index contributed by atoms with van der Waals surface area (Å²) >= 11 is 19.3. The number of nitrogens with one attached hydrogen (secondary N) is 1. The van der Waals surface area contributed by atoms with Crippen LogP contribution >= 0.6 is 46.1 Å². The summed E-state index contributed by atoms with van der Waals surface area (Å²) in [5.41, 5.74) is 1.11. The third-order valence-corrected chi connectivity index (χ3v) is 4.60. The Morgan fingerprint density at radius 2 is 1.75 bits per heavy atom. The third-order valence-electron chi connectivity index (χ3n) is 2.75. The van der Waals surface area contributed by atoms with Gasteiger partial charge in [-0.1, -0.05) is 41.7 Å². The quantitative estimate of drug-likeness (QED) is 0.694. The van der Waals surface area contributed by atoms with Crippen molar-refractivity contribution >= 4 is 46.1 Å². The Morgan fingerprint density at radius 3 is 2.30 bits per heavy atom. The molecule has 0 spiro atoms. The molecule has 0 aliphatic heterocycles. The minimum atomic E-state index is -0.983. The SMILES string of the molecule is CCNC(c1cc(F)c(F)cc1Cl)c1cc(Cl)sc1Cl. The van der Waals surface area contributed by atoms with Gasteiger partial charge in [0.2, 0.25) is 0 Å². The fourth-order valence-electron chi connectivity index (χ4n) is 1.90. The van der Waals surface area contributed by atoms with E-state index in [9.17, 15) is 8.78 Å². The minimum Gasteiger partial charge on any atom is -0.306 e. The molecule has 0 saturated heterocycles. The minimum absolute atomic E-state index is 0.133. The molecule has 0 amide bonds. The van der Waals surface area contributed by atoms with Crippen LogP contribution in [-0.4, -0.2) is 6.54 Å². The Bertz CT molecular complexity index is 630. The van der Waals surface area contributed by atoms with E-state index < -0.39 is 17.7 Å². The van der Waals surface area contributed by atoms with Gasteiger partial charge >= 0.3 is 0 Å². The highest BCUT2D eigenvalue weighted by molar-refractivity contribution is 7.20. The molecule has 1 heterocycles. The van der Waals surface area contributed by atoms with Crippen molar-refractivity contribution in [3.63, 3.8) is 0 Å². The van der Waals surface area contributed by atoms with Crippen molar-refractivity contribution in [1.29, 1.82) is 0 Å². The molecule has 0 radical (unpaired) electrons. The maximum Gasteiger partial charge on any atom is 0.160 e. The van der Waals surface area contributed by atoms with Crippen LogP contribution in [0.1, 0.15) is 24.1 Å². The van der Waals surface area contributed by atoms with Crippen molar-refractivity contribution in [1.82, 2.24) is 5.32 Å². The van der Waals surface area contributed by atoms with Crippen LogP contribution in [0.2, 0.25) is 13.7 Å². The summed E-state index contributed by atoms with van der Waals surface area (Å²) in [6.07, 6.45) is 0. The summed E-state index contributed by atoms with van der Waals surface area (Å²) in [5, 5.41) is 3.28. The molecule has 2 rings (SSSR count). The van der Waals surface area contributed by atoms with Crippen molar-refractivity contribution in [2.75, 3.05) is 6.54 Å². The van der Waals surface area contributed by atoms with Crippen LogP contribution in [-0.2, 0) is 0 Å². The molecule has 20 heavy (non-hydrogen) atoms. The van der Waals surface area contributed by atoms with E-state index in [2.05, 4.69) is 5.32 Å². The topological polar surface area (TPSA) is 12.0 Å². The lowest BCUT2D eigenvalue weighted by Crippen LogP contribution is -2.22. The smallest absolute Gasteiger partial charge is 0.160 e. The zero-order valence-corrected chi connectivity index (χ0v) is 13.4. The molecule has 1 nitrogen and oxygen atoms in total. The van der Waals surface area contributed by atoms with Crippen molar-refractivity contribution in [3.8, 4) is 0 Å². The van der Waals surface area contributed by atoms with Gasteiger partial charge in [-0.15, -0.1) is 11.3 Å². The van der Waals surface area contributed by atoms with E-state index in [1.165, 1.54) is 11.3 Å². The predicted molar refractivity (Wildman–Crippen MR) is 81.2 cm³/mol. The lowest BCUT2D eigenvalue weighted by molar-refractivity contribution is 0.504. The number of thiophene rings is 1. The first-order valence-electron chi connectivity index (χ1n) is 5.76. The molecule has 1 N–H and O–H groups in total. The van der Waals surface area contributed by atoms with Gasteiger partial charge in [0, 0.05) is 10.6 Å². The maximum absolute atomic E-state index is 13.5. The predicted octanol–water partition coefficient (Wildman–Crippen LogP) is 5.69. The molecule has 108 valence electrons. The second kappa shape index (κ2) is 6.58. The van der Waals surface area contributed by atoms with Crippen LogP contribution < -0.4 is 5.32 Å². The zero-order chi connectivity index (χ0) is 14.9. The highest BCUT2D eigenvalue weighted by Gasteiger charge is 2.22. The van der Waals surface area contributed by atoms with Gasteiger partial charge < -0.3 is 5.32 Å². The molecular weight excluding hydrogens is 347 g/mol. The van der Waals surface area contributed by atoms with E-state index in [1.807, 2.05) is 6.92 Å². The second-order valence-electron chi connectivity index (χ2n) is 4.06. The fourth-order valence-corrected chi connectivity index (χ4v) is 3.69. The van der Waals surface area contributed by atoms with Gasteiger partial charge in [0.05, 0.1) is 14.7 Å². The number of halogens is 5. The van der Waals surface area contributed by atoms with Gasteiger partial charge in [-0.25, -0.2) is 8.78 Å². The van der Waals surface area contributed by atoms with E-state index in [0.717, 1.165) is 12.1 Å². The van der Waals surface area contributed by atoms with Crippen molar-refractivity contribution in [2.24, 2.45) is 0 Å². The average Bonchev–Trinajstić information content (AvgIpc) is 2.70. The molecule has 1 unspecified atom stereocenters. The van der Waals surface area contributed by atoms with Crippen LogP contribution in [0.4, 0.5) is 8.78 Å². The molecule has 0 saturated carbocycles. The van der Waals surface area contributed by atoms with Crippen LogP contribution in [0, 0.1) is 11.6 Å². The van der Waals surface area contributed by atoms with Crippen LogP contribution in [0.3, 0.4) is 0 Å². The second-order valence-corrected chi connectivity index (χ2v) is 6.75. The largest absolute Gasteiger partial charge is 0.306 e. The normalized spacial score (nSPS) is 12.7. The average molecular weight is 357 g/mol. The van der Waals surface area contributed by atoms with Gasteiger partial charge in [-0.05, 0) is 30.3 Å². The van der Waals surface area contributed by atoms with Crippen LogP contribution in [0.5, 0.6) is 0 Å². The number of hydrogen-bond acceptors (Lipinski definition) is 2. The summed E-state index contributed by atoms with van der Waals surface area (Å²) in [6, 6.07) is 3.28. The van der Waals surface area contributed by atoms with E-state index in [-0.39, 0.29) is 5.02 Å². The van der Waals surface area contributed by atoms with Gasteiger partial charge in [0.1, 0.15) is 0 Å². The highest BCUT2D eigenvalue weighted by atomic mass is 35.5. The number of hydrogen-bond donors (Lipinski definition) is 1. The number of rotatable bonds is 4. The first-order chi connectivity index (χ1) is 9.43. The summed E-state index contributed by atoms with van der Waals surface area (Å²) in [7, 11) is 0. The molecule has 7 heteroatoms. The van der Waals surface area contributed by atoms with Crippen molar-refractivity contribution in [2.45, 2.75) is 13.0 Å². The molecule has 0 bridgehead atoms. The van der Waals surface area contributed by atoms with E-state index in [1.54, 1.807) is 6.07 Å². The summed E-state index contributed by atoms with van der Waals surface area (Å²) in [4.78, 5) is 0. The van der Waals surface area contributed by atoms with E-state index in [0.29, 0.717) is 26.3 Å². The van der Waals surface area contributed by atoms with Gasteiger partial charge in [0.15, 0.2) is 11.6 Å².